The maximum atomic E-state index is 13.1. The van der Waals surface area contributed by atoms with Crippen molar-refractivity contribution in [3.63, 3.8) is 0 Å². The summed E-state index contributed by atoms with van der Waals surface area (Å²) in [5, 5.41) is 1.50. The van der Waals surface area contributed by atoms with E-state index in [4.69, 9.17) is 0 Å². The first-order valence-electron chi connectivity index (χ1n) is 9.34. The monoisotopic (exact) mass is 375 g/mol. The molecule has 29 heavy (non-hydrogen) atoms. The number of ketones is 1. The fourth-order valence-electron chi connectivity index (χ4n) is 4.47. The average molecular weight is 375 g/mol. The van der Waals surface area contributed by atoms with Gasteiger partial charge in [-0.3, -0.25) is 14.4 Å². The van der Waals surface area contributed by atoms with Crippen LogP contribution < -0.4 is 4.90 Å². The highest BCUT2D eigenvalue weighted by Crippen LogP contribution is 2.43. The lowest BCUT2D eigenvalue weighted by atomic mass is 9.82. The summed E-state index contributed by atoms with van der Waals surface area (Å²) in [6.45, 7) is 0. The molecular formula is C25H13NO3. The Morgan fingerprint density at radius 2 is 1.07 bits per heavy atom. The third kappa shape index (κ3) is 1.95. The topological polar surface area (TPSA) is 54.5 Å². The van der Waals surface area contributed by atoms with Crippen LogP contribution in [0, 0.1) is 0 Å². The first kappa shape index (κ1) is 16.0. The zero-order chi connectivity index (χ0) is 19.7. The van der Waals surface area contributed by atoms with Crippen molar-refractivity contribution >= 4 is 34.1 Å². The normalized spacial score (nSPS) is 14.3. The van der Waals surface area contributed by atoms with Crippen molar-refractivity contribution in [1.29, 1.82) is 0 Å². The molecule has 0 spiro atoms. The number of benzene rings is 4. The van der Waals surface area contributed by atoms with Gasteiger partial charge < -0.3 is 0 Å². The number of fused-ring (bicyclic) bond motifs is 3. The molecule has 0 aromatic heterocycles. The molecular weight excluding hydrogens is 362 g/mol. The van der Waals surface area contributed by atoms with E-state index in [0.29, 0.717) is 27.9 Å². The van der Waals surface area contributed by atoms with Crippen LogP contribution in [0.2, 0.25) is 0 Å². The Kier molecular flexibility index (Phi) is 3.02. The van der Waals surface area contributed by atoms with E-state index in [0.717, 1.165) is 21.9 Å². The fraction of sp³-hybridized carbons (Fsp3) is 0. The quantitative estimate of drug-likeness (QED) is 0.394. The minimum atomic E-state index is -0.339. The van der Waals surface area contributed by atoms with E-state index in [-0.39, 0.29) is 17.6 Å². The third-order valence-electron chi connectivity index (χ3n) is 5.76. The van der Waals surface area contributed by atoms with E-state index in [1.807, 2.05) is 36.4 Å². The van der Waals surface area contributed by atoms with Gasteiger partial charge in [-0.1, -0.05) is 60.7 Å². The lowest BCUT2D eigenvalue weighted by Gasteiger charge is -2.23. The predicted molar refractivity (Wildman–Crippen MR) is 110 cm³/mol. The molecule has 0 atom stereocenters. The second kappa shape index (κ2) is 5.49. The van der Waals surface area contributed by atoms with Gasteiger partial charge in [0, 0.05) is 21.9 Å². The van der Waals surface area contributed by atoms with Gasteiger partial charge in [0.25, 0.3) is 11.8 Å². The molecule has 1 aliphatic heterocycles. The van der Waals surface area contributed by atoms with Crippen molar-refractivity contribution in [3.05, 3.63) is 101 Å². The molecule has 0 saturated carbocycles. The largest absolute Gasteiger partial charge is 0.289 e. The molecule has 0 fully saturated rings. The van der Waals surface area contributed by atoms with Crippen LogP contribution in [-0.2, 0) is 0 Å². The van der Waals surface area contributed by atoms with Crippen molar-refractivity contribution in [2.45, 2.75) is 0 Å². The zero-order valence-corrected chi connectivity index (χ0v) is 15.2. The summed E-state index contributed by atoms with van der Waals surface area (Å²) in [5.41, 5.74) is 4.37. The molecule has 0 saturated heterocycles. The summed E-state index contributed by atoms with van der Waals surface area (Å²) in [6, 6.07) is 23.5. The number of imide groups is 1. The fourth-order valence-corrected chi connectivity index (χ4v) is 4.47. The maximum Gasteiger partial charge on any atom is 0.266 e. The van der Waals surface area contributed by atoms with Crippen LogP contribution in [0.3, 0.4) is 0 Å². The molecule has 0 unspecified atom stereocenters. The molecule has 4 nitrogen and oxygen atoms in total. The van der Waals surface area contributed by atoms with Gasteiger partial charge in [0.1, 0.15) is 0 Å². The Bertz CT molecular complexity index is 1380. The van der Waals surface area contributed by atoms with Crippen LogP contribution in [0.1, 0.15) is 36.6 Å². The Labute approximate surface area is 166 Å². The van der Waals surface area contributed by atoms with Crippen molar-refractivity contribution in [1.82, 2.24) is 0 Å². The Morgan fingerprint density at radius 3 is 1.76 bits per heavy atom. The van der Waals surface area contributed by atoms with E-state index in [2.05, 4.69) is 0 Å². The van der Waals surface area contributed by atoms with Gasteiger partial charge in [-0.25, -0.2) is 4.90 Å². The van der Waals surface area contributed by atoms with E-state index >= 15 is 0 Å². The number of hydrogen-bond donors (Lipinski definition) is 0. The van der Waals surface area contributed by atoms with Gasteiger partial charge in [-0.05, 0) is 29.3 Å². The SMILES string of the molecule is O=C1c2ccccc2-c2ccc(N3C(=O)c4ccccc4C3=O)c3cccc1c23. The maximum absolute atomic E-state index is 13.1. The van der Waals surface area contributed by atoms with Gasteiger partial charge in [-0.15, -0.1) is 0 Å². The molecule has 2 aliphatic rings. The van der Waals surface area contributed by atoms with Gasteiger partial charge in [-0.2, -0.15) is 0 Å². The average Bonchev–Trinajstić information content (AvgIpc) is 3.02. The summed E-state index contributed by atoms with van der Waals surface area (Å²) in [5.74, 6) is -0.721. The van der Waals surface area contributed by atoms with Crippen molar-refractivity contribution in [3.8, 4) is 11.1 Å². The molecule has 0 radical (unpaired) electrons. The van der Waals surface area contributed by atoms with Gasteiger partial charge in [0.05, 0.1) is 16.8 Å². The van der Waals surface area contributed by atoms with Gasteiger partial charge in [0.2, 0.25) is 0 Å². The number of amides is 2. The van der Waals surface area contributed by atoms with Gasteiger partial charge >= 0.3 is 0 Å². The standard InChI is InChI=1S/C25H13NO3/c27-23-16-7-2-1-6-14(16)15-12-13-21(19-10-5-11-20(23)22(15)19)26-24(28)17-8-3-4-9-18(17)25(26)29/h1-13H. The van der Waals surface area contributed by atoms with Crippen molar-refractivity contribution < 1.29 is 14.4 Å². The van der Waals surface area contributed by atoms with E-state index < -0.39 is 0 Å². The second-order valence-electron chi connectivity index (χ2n) is 7.23. The predicted octanol–water partition coefficient (Wildman–Crippen LogP) is 4.85. The number of rotatable bonds is 1. The van der Waals surface area contributed by atoms with E-state index in [1.165, 1.54) is 4.90 Å². The highest BCUT2D eigenvalue weighted by Gasteiger charge is 2.38. The van der Waals surface area contributed by atoms with Crippen LogP contribution in [0.4, 0.5) is 5.69 Å². The van der Waals surface area contributed by atoms with Crippen molar-refractivity contribution in [2.24, 2.45) is 0 Å². The second-order valence-corrected chi connectivity index (χ2v) is 7.23. The number of nitrogens with zero attached hydrogens (tertiary/aromatic N) is 1. The van der Waals surface area contributed by atoms with E-state index in [1.54, 1.807) is 42.5 Å². The smallest absolute Gasteiger partial charge is 0.266 e. The highest BCUT2D eigenvalue weighted by molar-refractivity contribution is 6.37. The molecule has 1 heterocycles. The summed E-state index contributed by atoms with van der Waals surface area (Å²) < 4.78 is 0. The molecule has 4 aromatic rings. The minimum absolute atomic E-state index is 0.0433. The van der Waals surface area contributed by atoms with E-state index in [9.17, 15) is 14.4 Å². The van der Waals surface area contributed by atoms with Gasteiger partial charge in [0.15, 0.2) is 5.78 Å². The first-order chi connectivity index (χ1) is 14.2. The molecule has 4 aromatic carbocycles. The molecule has 0 N–H and O–H groups in total. The minimum Gasteiger partial charge on any atom is -0.289 e. The molecule has 1 aliphatic carbocycles. The zero-order valence-electron chi connectivity index (χ0n) is 15.2. The van der Waals surface area contributed by atoms with Crippen LogP contribution in [-0.4, -0.2) is 17.6 Å². The summed E-state index contributed by atoms with van der Waals surface area (Å²) in [4.78, 5) is 40.3. The Balaban J connectivity index is 1.65. The molecule has 4 heteroatoms. The number of carbonyl (C=O) groups excluding carboxylic acids is 3. The number of hydrogen-bond acceptors (Lipinski definition) is 3. The van der Waals surface area contributed by atoms with Crippen LogP contribution in [0.25, 0.3) is 21.9 Å². The highest BCUT2D eigenvalue weighted by atomic mass is 16.2. The van der Waals surface area contributed by atoms with Crippen LogP contribution in [0.15, 0.2) is 78.9 Å². The molecule has 6 rings (SSSR count). The third-order valence-corrected chi connectivity index (χ3v) is 5.76. The molecule has 136 valence electrons. The summed E-state index contributed by atoms with van der Waals surface area (Å²) in [6.07, 6.45) is 0. The Hall–Kier alpha value is -4.05. The van der Waals surface area contributed by atoms with Crippen LogP contribution >= 0.6 is 0 Å². The number of anilines is 1. The summed E-state index contributed by atoms with van der Waals surface area (Å²) >= 11 is 0. The Morgan fingerprint density at radius 1 is 0.483 bits per heavy atom. The first-order valence-corrected chi connectivity index (χ1v) is 9.34. The summed E-state index contributed by atoms with van der Waals surface area (Å²) in [7, 11) is 0. The van der Waals surface area contributed by atoms with Crippen molar-refractivity contribution in [2.75, 3.05) is 4.90 Å². The molecule has 2 amide bonds. The molecule has 0 bridgehead atoms. The lowest BCUT2D eigenvalue weighted by molar-refractivity contribution is 0.0925. The number of carbonyl (C=O) groups is 3. The van der Waals surface area contributed by atoms with Crippen LogP contribution in [0.5, 0.6) is 0 Å². The lowest BCUT2D eigenvalue weighted by Crippen LogP contribution is -2.29.